The Balaban J connectivity index is 1.76. The van der Waals surface area contributed by atoms with Gasteiger partial charge in [0, 0.05) is 22.9 Å². The van der Waals surface area contributed by atoms with E-state index in [1.165, 1.54) is 37.7 Å². The van der Waals surface area contributed by atoms with Crippen molar-refractivity contribution < 1.29 is 0 Å². The number of nitrogens with zero attached hydrogens (tertiary/aromatic N) is 1. The second-order valence-corrected chi connectivity index (χ2v) is 8.03. The molecule has 21 heavy (non-hydrogen) atoms. The Hall–Kier alpha value is -0.290. The van der Waals surface area contributed by atoms with Crippen molar-refractivity contribution in [3.63, 3.8) is 0 Å². The molecule has 2 nitrogen and oxygen atoms in total. The van der Waals surface area contributed by atoms with Crippen LogP contribution in [-0.4, -0.2) is 28.2 Å². The van der Waals surface area contributed by atoms with E-state index < -0.39 is 0 Å². The van der Waals surface area contributed by atoms with Gasteiger partial charge >= 0.3 is 0 Å². The number of thiocarbonyl (C=S) groups is 1. The van der Waals surface area contributed by atoms with Crippen LogP contribution in [0.3, 0.4) is 0 Å². The molecule has 5 heteroatoms. The van der Waals surface area contributed by atoms with Gasteiger partial charge in [-0.1, -0.05) is 67.0 Å². The Labute approximate surface area is 141 Å². The third-order valence-corrected chi connectivity index (χ3v) is 6.31. The summed E-state index contributed by atoms with van der Waals surface area (Å²) < 4.78 is 1.03. The molecule has 1 saturated carbocycles. The van der Waals surface area contributed by atoms with Crippen LogP contribution in [0.5, 0.6) is 0 Å². The highest BCUT2D eigenvalue weighted by molar-refractivity contribution is 8.23. The summed E-state index contributed by atoms with van der Waals surface area (Å²) in [7, 11) is 0. The zero-order valence-electron chi connectivity index (χ0n) is 12.1. The molecule has 0 spiro atoms. The molecule has 1 aromatic rings. The highest BCUT2D eigenvalue weighted by Gasteiger charge is 2.34. The first-order valence-electron chi connectivity index (χ1n) is 7.62. The number of thioether (sulfide) groups is 1. The fraction of sp³-hybridized carbons (Fsp3) is 0.562. The fourth-order valence-electron chi connectivity index (χ4n) is 3.31. The third kappa shape index (κ3) is 3.55. The third-order valence-electron chi connectivity index (χ3n) is 4.56. The molecule has 0 amide bonds. The molecular weight excluding hydrogens is 320 g/mol. The minimum Gasteiger partial charge on any atom is -0.344 e. The summed E-state index contributed by atoms with van der Waals surface area (Å²) in [4.78, 5) is 2.28. The number of nitrogens with one attached hydrogen (secondary N) is 1. The Morgan fingerprint density at radius 3 is 2.52 bits per heavy atom. The Bertz CT molecular complexity index is 498. The largest absolute Gasteiger partial charge is 0.344 e. The molecule has 2 aliphatic rings. The van der Waals surface area contributed by atoms with E-state index in [1.807, 2.05) is 12.1 Å². The van der Waals surface area contributed by atoms with Crippen molar-refractivity contribution in [2.75, 3.05) is 19.0 Å². The van der Waals surface area contributed by atoms with E-state index in [1.54, 1.807) is 11.8 Å². The van der Waals surface area contributed by atoms with E-state index >= 15 is 0 Å². The molecule has 0 radical (unpaired) electrons. The minimum absolute atomic E-state index is 0.0890. The lowest BCUT2D eigenvalue weighted by Gasteiger charge is -2.40. The van der Waals surface area contributed by atoms with Gasteiger partial charge in [-0.25, -0.2) is 0 Å². The second kappa shape index (κ2) is 6.86. The van der Waals surface area contributed by atoms with Crippen molar-refractivity contribution in [1.29, 1.82) is 0 Å². The number of benzene rings is 1. The predicted molar refractivity (Wildman–Crippen MR) is 96.0 cm³/mol. The summed E-state index contributed by atoms with van der Waals surface area (Å²) in [5.41, 5.74) is 1.45. The normalized spacial score (nSPS) is 21.8. The van der Waals surface area contributed by atoms with Crippen LogP contribution in [-0.2, 0) is 5.54 Å². The second-order valence-electron chi connectivity index (χ2n) is 5.86. The van der Waals surface area contributed by atoms with E-state index in [0.717, 1.165) is 28.3 Å². The van der Waals surface area contributed by atoms with Crippen LogP contribution in [0.4, 0.5) is 0 Å². The molecule has 0 aromatic heterocycles. The van der Waals surface area contributed by atoms with Crippen molar-refractivity contribution >= 4 is 39.9 Å². The molecule has 0 atom stereocenters. The van der Waals surface area contributed by atoms with Crippen LogP contribution in [0.15, 0.2) is 24.3 Å². The number of hydrogen-bond donors (Lipinski definition) is 1. The summed E-state index contributed by atoms with van der Waals surface area (Å²) >= 11 is 13.2. The SMILES string of the molecule is S=C1SCCN1CNC1(c2ccc(Cl)cc2)CCCCC1. The van der Waals surface area contributed by atoms with Gasteiger partial charge in [0.05, 0.1) is 6.67 Å². The first kappa shape index (κ1) is 15.6. The van der Waals surface area contributed by atoms with Crippen molar-refractivity contribution in [1.82, 2.24) is 10.2 Å². The maximum atomic E-state index is 6.05. The topological polar surface area (TPSA) is 15.3 Å². The van der Waals surface area contributed by atoms with Crippen LogP contribution in [0, 0.1) is 0 Å². The lowest BCUT2D eigenvalue weighted by atomic mass is 9.76. The molecule has 114 valence electrons. The lowest BCUT2D eigenvalue weighted by Crippen LogP contribution is -2.49. The van der Waals surface area contributed by atoms with Gasteiger partial charge in [0.1, 0.15) is 4.32 Å². The molecule has 1 heterocycles. The average Bonchev–Trinajstić information content (AvgIpc) is 2.92. The summed E-state index contributed by atoms with van der Waals surface area (Å²) in [6, 6.07) is 8.37. The molecule has 0 bridgehead atoms. The van der Waals surface area contributed by atoms with Crippen LogP contribution >= 0.6 is 35.6 Å². The zero-order valence-corrected chi connectivity index (χ0v) is 14.5. The summed E-state index contributed by atoms with van der Waals surface area (Å²) in [6.45, 7) is 1.92. The first-order valence-corrected chi connectivity index (χ1v) is 9.40. The highest BCUT2D eigenvalue weighted by Crippen LogP contribution is 2.37. The number of rotatable bonds is 4. The van der Waals surface area contributed by atoms with E-state index in [9.17, 15) is 0 Å². The molecule has 1 aliphatic carbocycles. The monoisotopic (exact) mass is 340 g/mol. The van der Waals surface area contributed by atoms with Gasteiger partial charge < -0.3 is 4.90 Å². The summed E-state index contributed by atoms with van der Waals surface area (Å²) in [5, 5.41) is 4.63. The first-order chi connectivity index (χ1) is 10.2. The number of halogens is 1. The van der Waals surface area contributed by atoms with Gasteiger partial charge in [0.15, 0.2) is 0 Å². The van der Waals surface area contributed by atoms with Crippen LogP contribution in [0.1, 0.15) is 37.7 Å². The van der Waals surface area contributed by atoms with E-state index in [0.29, 0.717) is 0 Å². The van der Waals surface area contributed by atoms with Crippen molar-refractivity contribution in [3.8, 4) is 0 Å². The van der Waals surface area contributed by atoms with E-state index in [4.69, 9.17) is 23.8 Å². The quantitative estimate of drug-likeness (QED) is 0.818. The summed E-state index contributed by atoms with van der Waals surface area (Å²) in [5.74, 6) is 1.12. The van der Waals surface area contributed by atoms with Gasteiger partial charge in [0.2, 0.25) is 0 Å². The Kier molecular flexibility index (Phi) is 5.10. The molecular formula is C16H21ClN2S2. The van der Waals surface area contributed by atoms with Gasteiger partial charge in [-0.2, -0.15) is 0 Å². The smallest absolute Gasteiger partial charge is 0.137 e. The van der Waals surface area contributed by atoms with Crippen LogP contribution < -0.4 is 5.32 Å². The number of hydrogen-bond acceptors (Lipinski definition) is 3. The van der Waals surface area contributed by atoms with Crippen molar-refractivity contribution in [3.05, 3.63) is 34.9 Å². The maximum Gasteiger partial charge on any atom is 0.137 e. The molecule has 3 rings (SSSR count). The average molecular weight is 341 g/mol. The standard InChI is InChI=1S/C16H21ClN2S2/c17-14-6-4-13(5-7-14)16(8-2-1-3-9-16)18-12-19-10-11-21-15(19)20/h4-7,18H,1-3,8-12H2. The van der Waals surface area contributed by atoms with Crippen molar-refractivity contribution in [2.45, 2.75) is 37.6 Å². The molecule has 1 aromatic carbocycles. The van der Waals surface area contributed by atoms with Gasteiger partial charge in [-0.3, -0.25) is 5.32 Å². The zero-order chi connectivity index (χ0) is 14.7. The maximum absolute atomic E-state index is 6.05. The molecule has 1 N–H and O–H groups in total. The lowest BCUT2D eigenvalue weighted by molar-refractivity contribution is 0.206. The summed E-state index contributed by atoms with van der Waals surface area (Å²) in [6.07, 6.45) is 6.31. The van der Waals surface area contributed by atoms with E-state index in [2.05, 4.69) is 22.3 Å². The van der Waals surface area contributed by atoms with Gasteiger partial charge in [-0.15, -0.1) is 0 Å². The molecule has 2 fully saturated rings. The van der Waals surface area contributed by atoms with Crippen LogP contribution in [0.2, 0.25) is 5.02 Å². The van der Waals surface area contributed by atoms with Gasteiger partial charge in [0.25, 0.3) is 0 Å². The van der Waals surface area contributed by atoms with Crippen molar-refractivity contribution in [2.24, 2.45) is 0 Å². The molecule has 1 aliphatic heterocycles. The molecule has 0 unspecified atom stereocenters. The van der Waals surface area contributed by atoms with Crippen LogP contribution in [0.25, 0.3) is 0 Å². The molecule has 1 saturated heterocycles. The predicted octanol–water partition coefficient (Wildman–Crippen LogP) is 4.38. The Morgan fingerprint density at radius 1 is 1.19 bits per heavy atom. The highest BCUT2D eigenvalue weighted by atomic mass is 35.5. The Morgan fingerprint density at radius 2 is 1.90 bits per heavy atom. The minimum atomic E-state index is 0.0890. The fourth-order valence-corrected chi connectivity index (χ4v) is 4.66. The van der Waals surface area contributed by atoms with E-state index in [-0.39, 0.29) is 5.54 Å². The van der Waals surface area contributed by atoms with Gasteiger partial charge in [-0.05, 0) is 30.5 Å².